The van der Waals surface area contributed by atoms with Gasteiger partial charge >= 0.3 is 0 Å². The molecule has 1 amide bonds. The second-order valence-corrected chi connectivity index (χ2v) is 6.80. The molecule has 0 saturated carbocycles. The Kier molecular flexibility index (Phi) is 5.90. The normalized spacial score (nSPS) is 12.6. The molecule has 0 aliphatic carbocycles. The van der Waals surface area contributed by atoms with Crippen LogP contribution in [0.25, 0.3) is 0 Å². The van der Waals surface area contributed by atoms with E-state index in [2.05, 4.69) is 30.2 Å². The third-order valence-electron chi connectivity index (χ3n) is 3.62. The molecule has 2 aromatic heterocycles. The minimum Gasteiger partial charge on any atom is -0.343 e. The van der Waals surface area contributed by atoms with Gasteiger partial charge in [-0.1, -0.05) is 32.8 Å². The summed E-state index contributed by atoms with van der Waals surface area (Å²) in [6.45, 7) is 4.70. The van der Waals surface area contributed by atoms with Crippen LogP contribution in [-0.4, -0.2) is 10.9 Å². The predicted octanol–water partition coefficient (Wildman–Crippen LogP) is 3.57. The van der Waals surface area contributed by atoms with E-state index in [1.165, 1.54) is 16.2 Å². The summed E-state index contributed by atoms with van der Waals surface area (Å²) in [5, 5.41) is 7.76. The molecule has 114 valence electrons. The van der Waals surface area contributed by atoms with Crippen molar-refractivity contribution < 1.29 is 4.79 Å². The summed E-state index contributed by atoms with van der Waals surface area (Å²) in [4.78, 5) is 17.9. The van der Waals surface area contributed by atoms with Crippen LogP contribution in [0.15, 0.2) is 22.9 Å². The van der Waals surface area contributed by atoms with Crippen molar-refractivity contribution in [3.05, 3.63) is 38.5 Å². The van der Waals surface area contributed by atoms with Gasteiger partial charge in [-0.05, 0) is 17.4 Å². The third-order valence-corrected chi connectivity index (χ3v) is 5.44. The van der Waals surface area contributed by atoms with Crippen LogP contribution in [0, 0.1) is 5.92 Å². The van der Waals surface area contributed by atoms with Crippen molar-refractivity contribution in [3.8, 4) is 0 Å². The second kappa shape index (κ2) is 7.68. The number of carbonyl (C=O) groups excluding carboxylic acids is 1. The van der Waals surface area contributed by atoms with Gasteiger partial charge in [-0.3, -0.25) is 4.79 Å². The molecule has 0 aliphatic rings. The number of nitrogens with two attached hydrogens (primary N) is 1. The maximum Gasteiger partial charge on any atom is 0.271 e. The van der Waals surface area contributed by atoms with E-state index in [-0.39, 0.29) is 11.9 Å². The number of thiazole rings is 1. The number of hydrogen-bond acceptors (Lipinski definition) is 5. The zero-order valence-corrected chi connectivity index (χ0v) is 14.0. The van der Waals surface area contributed by atoms with Crippen molar-refractivity contribution in [1.29, 1.82) is 0 Å². The Morgan fingerprint density at radius 1 is 1.38 bits per heavy atom. The van der Waals surface area contributed by atoms with Gasteiger partial charge in [-0.15, -0.1) is 22.7 Å². The maximum absolute atomic E-state index is 12.4. The number of aromatic nitrogens is 1. The van der Waals surface area contributed by atoms with Crippen LogP contribution < -0.4 is 11.1 Å². The van der Waals surface area contributed by atoms with E-state index in [0.717, 1.165) is 17.8 Å². The molecule has 4 nitrogen and oxygen atoms in total. The Labute approximate surface area is 133 Å². The van der Waals surface area contributed by atoms with Crippen molar-refractivity contribution in [1.82, 2.24) is 10.3 Å². The van der Waals surface area contributed by atoms with E-state index in [1.807, 2.05) is 11.4 Å². The molecule has 0 aliphatic heterocycles. The van der Waals surface area contributed by atoms with Crippen LogP contribution in [-0.2, 0) is 6.54 Å². The Morgan fingerprint density at radius 3 is 2.67 bits per heavy atom. The highest BCUT2D eigenvalue weighted by molar-refractivity contribution is 7.10. The van der Waals surface area contributed by atoms with Crippen LogP contribution in [0.5, 0.6) is 0 Å². The maximum atomic E-state index is 12.4. The Morgan fingerprint density at radius 2 is 2.14 bits per heavy atom. The van der Waals surface area contributed by atoms with Crippen LogP contribution in [0.1, 0.15) is 53.1 Å². The molecule has 0 fully saturated rings. The molecule has 0 spiro atoms. The number of nitrogens with zero attached hydrogens (tertiary/aromatic N) is 1. The van der Waals surface area contributed by atoms with Crippen LogP contribution in [0.4, 0.5) is 0 Å². The van der Waals surface area contributed by atoms with E-state index < -0.39 is 0 Å². The highest BCUT2D eigenvalue weighted by atomic mass is 32.1. The lowest BCUT2D eigenvalue weighted by atomic mass is 9.93. The van der Waals surface area contributed by atoms with E-state index in [9.17, 15) is 4.79 Å². The van der Waals surface area contributed by atoms with E-state index in [1.54, 1.807) is 16.7 Å². The molecule has 6 heteroatoms. The van der Waals surface area contributed by atoms with Gasteiger partial charge in [0.1, 0.15) is 10.7 Å². The molecule has 0 saturated heterocycles. The average Bonchev–Trinajstić information content (AvgIpc) is 3.18. The number of amides is 1. The van der Waals surface area contributed by atoms with Gasteiger partial charge in [-0.2, -0.15) is 0 Å². The van der Waals surface area contributed by atoms with Crippen molar-refractivity contribution in [3.63, 3.8) is 0 Å². The molecule has 2 rings (SSSR count). The smallest absolute Gasteiger partial charge is 0.271 e. The average molecular weight is 323 g/mol. The second-order valence-electron chi connectivity index (χ2n) is 4.87. The van der Waals surface area contributed by atoms with Crippen molar-refractivity contribution in [2.75, 3.05) is 0 Å². The lowest BCUT2D eigenvalue weighted by Gasteiger charge is -2.25. The van der Waals surface area contributed by atoms with Gasteiger partial charge in [0.15, 0.2) is 0 Å². The number of thiophene rings is 1. The summed E-state index contributed by atoms with van der Waals surface area (Å²) in [5.41, 5.74) is 6.02. The van der Waals surface area contributed by atoms with Crippen LogP contribution in [0.3, 0.4) is 0 Å². The van der Waals surface area contributed by atoms with Crippen LogP contribution in [0.2, 0.25) is 0 Å². The minimum absolute atomic E-state index is 0.0514. The van der Waals surface area contributed by atoms with E-state index >= 15 is 0 Å². The molecule has 1 atom stereocenters. The van der Waals surface area contributed by atoms with Gasteiger partial charge < -0.3 is 11.1 Å². The fourth-order valence-corrected chi connectivity index (χ4v) is 3.90. The molecule has 2 heterocycles. The van der Waals surface area contributed by atoms with E-state index in [4.69, 9.17) is 5.73 Å². The molecule has 3 N–H and O–H groups in total. The monoisotopic (exact) mass is 323 g/mol. The first-order valence-corrected chi connectivity index (χ1v) is 8.94. The van der Waals surface area contributed by atoms with Crippen molar-refractivity contribution >= 4 is 28.6 Å². The Bertz CT molecular complexity index is 561. The number of rotatable bonds is 7. The first-order valence-electron chi connectivity index (χ1n) is 7.18. The predicted molar refractivity (Wildman–Crippen MR) is 88.6 cm³/mol. The molecule has 1 unspecified atom stereocenters. The first-order chi connectivity index (χ1) is 10.2. The van der Waals surface area contributed by atoms with Gasteiger partial charge in [0.25, 0.3) is 5.91 Å². The standard InChI is InChI=1S/C15H21N3OS2/c1-3-10(4-2)14(12-6-5-7-20-12)18-15(19)11-9-21-13(8-16)17-11/h5-7,9-10,14H,3-4,8,16H2,1-2H3,(H,18,19). The van der Waals surface area contributed by atoms with Crippen molar-refractivity contribution in [2.45, 2.75) is 39.3 Å². The Balaban J connectivity index is 2.16. The topological polar surface area (TPSA) is 68.0 Å². The number of hydrogen-bond donors (Lipinski definition) is 2. The highest BCUT2D eigenvalue weighted by Gasteiger charge is 2.24. The van der Waals surface area contributed by atoms with E-state index in [0.29, 0.717) is 18.2 Å². The summed E-state index contributed by atoms with van der Waals surface area (Å²) >= 11 is 3.11. The zero-order valence-electron chi connectivity index (χ0n) is 12.3. The summed E-state index contributed by atoms with van der Waals surface area (Å²) in [7, 11) is 0. The van der Waals surface area contributed by atoms with Gasteiger partial charge in [0.05, 0.1) is 6.04 Å². The molecule has 21 heavy (non-hydrogen) atoms. The molecule has 0 radical (unpaired) electrons. The largest absolute Gasteiger partial charge is 0.343 e. The fraction of sp³-hybridized carbons (Fsp3) is 0.467. The van der Waals surface area contributed by atoms with Gasteiger partial charge in [-0.25, -0.2) is 4.98 Å². The summed E-state index contributed by atoms with van der Waals surface area (Å²) in [5.74, 6) is 0.316. The molecule has 0 bridgehead atoms. The zero-order chi connectivity index (χ0) is 15.2. The minimum atomic E-state index is -0.115. The number of nitrogens with one attached hydrogen (secondary N) is 1. The fourth-order valence-electron chi connectivity index (χ4n) is 2.37. The quantitative estimate of drug-likeness (QED) is 0.818. The molecule has 2 aromatic rings. The third kappa shape index (κ3) is 3.90. The van der Waals surface area contributed by atoms with Gasteiger partial charge in [0.2, 0.25) is 0 Å². The van der Waals surface area contributed by atoms with Crippen molar-refractivity contribution in [2.24, 2.45) is 11.7 Å². The Hall–Kier alpha value is -1.24. The first kappa shape index (κ1) is 16.1. The van der Waals surface area contributed by atoms with Crippen LogP contribution >= 0.6 is 22.7 Å². The summed E-state index contributed by atoms with van der Waals surface area (Å²) in [6, 6.07) is 4.16. The molecule has 0 aromatic carbocycles. The number of carbonyl (C=O) groups is 1. The van der Waals surface area contributed by atoms with Gasteiger partial charge in [0, 0.05) is 16.8 Å². The SMILES string of the molecule is CCC(CC)C(NC(=O)c1csc(CN)n1)c1cccs1. The molecular weight excluding hydrogens is 302 g/mol. The lowest BCUT2D eigenvalue weighted by molar-refractivity contribution is 0.0916. The lowest BCUT2D eigenvalue weighted by Crippen LogP contribution is -2.33. The molecular formula is C15H21N3OS2. The summed E-state index contributed by atoms with van der Waals surface area (Å²) in [6.07, 6.45) is 2.06. The summed E-state index contributed by atoms with van der Waals surface area (Å²) < 4.78 is 0. The highest BCUT2D eigenvalue weighted by Crippen LogP contribution is 2.30.